The predicted molar refractivity (Wildman–Crippen MR) is 91.0 cm³/mol. The number of nitriles is 2. The van der Waals surface area contributed by atoms with Crippen molar-refractivity contribution in [2.24, 2.45) is 0 Å². The largest absolute Gasteiger partial charge is 0.349 e. The lowest BCUT2D eigenvalue weighted by atomic mass is 10.2. The zero-order chi connectivity index (χ0) is 16.7. The van der Waals surface area contributed by atoms with Crippen molar-refractivity contribution in [2.45, 2.75) is 5.75 Å². The normalized spacial score (nSPS) is 9.57. The maximum atomic E-state index is 13.8. The van der Waals surface area contributed by atoms with Crippen LogP contribution in [0.3, 0.4) is 0 Å². The Kier molecular flexibility index (Phi) is 6.05. The zero-order valence-corrected chi connectivity index (χ0v) is 13.5. The molecule has 0 aliphatic heterocycles. The summed E-state index contributed by atoms with van der Waals surface area (Å²) in [5.41, 5.74) is 1.01. The summed E-state index contributed by atoms with van der Waals surface area (Å²) in [6.45, 7) is 0. The van der Waals surface area contributed by atoms with E-state index in [0.29, 0.717) is 15.6 Å². The second kappa shape index (κ2) is 8.24. The molecule has 0 aliphatic carbocycles. The van der Waals surface area contributed by atoms with Crippen molar-refractivity contribution in [3.05, 3.63) is 75.5 Å². The number of nitrogens with zero attached hydrogens (tertiary/aromatic N) is 2. The van der Waals surface area contributed by atoms with Crippen molar-refractivity contribution < 1.29 is 4.39 Å². The molecule has 0 unspecified atom stereocenters. The lowest BCUT2D eigenvalue weighted by Gasteiger charge is -2.12. The van der Waals surface area contributed by atoms with Gasteiger partial charge in [-0.1, -0.05) is 35.9 Å². The molecule has 2 rings (SSSR count). The first kappa shape index (κ1) is 16.9. The van der Waals surface area contributed by atoms with Gasteiger partial charge in [-0.2, -0.15) is 10.5 Å². The third-order valence-corrected chi connectivity index (χ3v) is 4.29. The van der Waals surface area contributed by atoms with Crippen LogP contribution in [0.2, 0.25) is 5.02 Å². The molecule has 0 aliphatic rings. The molecule has 2 aromatic carbocycles. The van der Waals surface area contributed by atoms with E-state index in [4.69, 9.17) is 22.1 Å². The number of benzene rings is 2. The summed E-state index contributed by atoms with van der Waals surface area (Å²) < 4.78 is 13.8. The Bertz CT molecular complexity index is 771. The summed E-state index contributed by atoms with van der Waals surface area (Å²) >= 11 is 7.15. The van der Waals surface area contributed by atoms with Crippen LogP contribution in [0.4, 0.5) is 10.1 Å². The van der Waals surface area contributed by atoms with Gasteiger partial charge in [0.1, 0.15) is 23.0 Å². The van der Waals surface area contributed by atoms with Gasteiger partial charge in [0.25, 0.3) is 0 Å². The molecule has 0 saturated carbocycles. The van der Waals surface area contributed by atoms with Gasteiger partial charge in [0, 0.05) is 22.0 Å². The Balaban J connectivity index is 2.25. The van der Waals surface area contributed by atoms with Crippen molar-refractivity contribution in [1.82, 2.24) is 0 Å². The first-order chi connectivity index (χ1) is 11.2. The fraction of sp³-hybridized carbons (Fsp3) is 0.0588. The van der Waals surface area contributed by atoms with Gasteiger partial charge in [0.05, 0.1) is 0 Å². The number of allylic oxidation sites excluding steroid dienone is 1. The minimum atomic E-state index is -0.417. The molecule has 1 N–H and O–H groups in total. The van der Waals surface area contributed by atoms with Crippen LogP contribution in [0, 0.1) is 28.5 Å². The summed E-state index contributed by atoms with van der Waals surface area (Å²) in [4.78, 5) is 0. The molecular weight excluding hydrogens is 333 g/mol. The third kappa shape index (κ3) is 4.50. The van der Waals surface area contributed by atoms with E-state index >= 15 is 0 Å². The molecule has 0 spiro atoms. The first-order valence-corrected chi connectivity index (χ1v) is 7.94. The van der Waals surface area contributed by atoms with E-state index in [1.54, 1.807) is 6.07 Å². The lowest BCUT2D eigenvalue weighted by molar-refractivity contribution is 0.617. The van der Waals surface area contributed by atoms with Crippen LogP contribution in [0.15, 0.2) is 59.1 Å². The summed E-state index contributed by atoms with van der Waals surface area (Å²) in [5.74, 6) is -0.215. The number of hydrogen-bond acceptors (Lipinski definition) is 4. The average Bonchev–Trinajstić information content (AvgIpc) is 2.56. The average molecular weight is 344 g/mol. The van der Waals surface area contributed by atoms with Gasteiger partial charge in [-0.25, -0.2) is 4.39 Å². The van der Waals surface area contributed by atoms with Gasteiger partial charge in [-0.3, -0.25) is 0 Å². The van der Waals surface area contributed by atoms with Crippen LogP contribution in [0.5, 0.6) is 0 Å². The van der Waals surface area contributed by atoms with E-state index in [9.17, 15) is 4.39 Å². The summed E-state index contributed by atoms with van der Waals surface area (Å²) in [6, 6.07) is 17.3. The Labute approximate surface area is 143 Å². The fourth-order valence-corrected chi connectivity index (χ4v) is 3.08. The molecule has 0 amide bonds. The molecule has 0 atom stereocenters. The Morgan fingerprint density at radius 2 is 1.78 bits per heavy atom. The maximum absolute atomic E-state index is 13.8. The number of thioether (sulfide) groups is 1. The Hall–Kier alpha value is -2.47. The minimum absolute atomic E-state index is 0.0636. The number of rotatable bonds is 5. The number of halogens is 2. The van der Waals surface area contributed by atoms with Crippen molar-refractivity contribution in [3.8, 4) is 12.1 Å². The molecule has 2 aromatic rings. The summed E-state index contributed by atoms with van der Waals surface area (Å²) in [7, 11) is 0. The lowest BCUT2D eigenvalue weighted by Crippen LogP contribution is -2.01. The molecule has 6 heteroatoms. The van der Waals surface area contributed by atoms with Gasteiger partial charge in [-0.15, -0.1) is 11.8 Å². The summed E-state index contributed by atoms with van der Waals surface area (Å²) in [5, 5.41) is 21.9. The van der Waals surface area contributed by atoms with Crippen molar-refractivity contribution in [1.29, 1.82) is 10.5 Å². The van der Waals surface area contributed by atoms with Crippen molar-refractivity contribution >= 4 is 29.1 Å². The highest BCUT2D eigenvalue weighted by Crippen LogP contribution is 2.30. The maximum Gasteiger partial charge on any atom is 0.159 e. The molecule has 0 saturated heterocycles. The van der Waals surface area contributed by atoms with Crippen LogP contribution in [-0.2, 0) is 5.75 Å². The molecule has 0 bridgehead atoms. The first-order valence-electron chi connectivity index (χ1n) is 6.58. The topological polar surface area (TPSA) is 59.6 Å². The number of nitrogens with one attached hydrogen (secondary N) is 1. The van der Waals surface area contributed by atoms with Crippen LogP contribution >= 0.6 is 23.4 Å². The highest BCUT2D eigenvalue weighted by Gasteiger charge is 2.12. The number of para-hydroxylation sites is 1. The highest BCUT2D eigenvalue weighted by molar-refractivity contribution is 8.02. The molecule has 0 heterocycles. The summed E-state index contributed by atoms with van der Waals surface area (Å²) in [6.07, 6.45) is 0. The van der Waals surface area contributed by atoms with Gasteiger partial charge in [0.15, 0.2) is 5.57 Å². The van der Waals surface area contributed by atoms with Gasteiger partial charge in [0.2, 0.25) is 0 Å². The van der Waals surface area contributed by atoms with E-state index in [0.717, 1.165) is 17.4 Å². The van der Waals surface area contributed by atoms with Crippen LogP contribution in [0.1, 0.15) is 5.56 Å². The quantitative estimate of drug-likeness (QED) is 0.769. The monoisotopic (exact) mass is 343 g/mol. The van der Waals surface area contributed by atoms with Gasteiger partial charge < -0.3 is 5.32 Å². The standard InChI is InChI=1S/C17H11ClFN3S/c18-15-7-4-8-16(19)14(15)11-23-17(12(9-20)10-21)22-13-5-2-1-3-6-13/h1-8,22H,11H2. The van der Waals surface area contributed by atoms with E-state index in [1.165, 1.54) is 12.1 Å². The molecule has 0 radical (unpaired) electrons. The third-order valence-electron chi connectivity index (χ3n) is 2.90. The second-order valence-electron chi connectivity index (χ2n) is 4.41. The van der Waals surface area contributed by atoms with E-state index < -0.39 is 5.82 Å². The van der Waals surface area contributed by atoms with E-state index in [1.807, 2.05) is 42.5 Å². The molecule has 0 fully saturated rings. The van der Waals surface area contributed by atoms with Crippen molar-refractivity contribution in [2.75, 3.05) is 5.32 Å². The molecular formula is C17H11ClFN3S. The Morgan fingerprint density at radius 1 is 1.09 bits per heavy atom. The van der Waals surface area contributed by atoms with Crippen LogP contribution < -0.4 is 5.32 Å². The molecule has 0 aromatic heterocycles. The SMILES string of the molecule is N#CC(C#N)=C(Nc1ccccc1)SCc1c(F)cccc1Cl. The van der Waals surface area contributed by atoms with Crippen LogP contribution in [0.25, 0.3) is 0 Å². The molecule has 3 nitrogen and oxygen atoms in total. The smallest absolute Gasteiger partial charge is 0.159 e. The number of hydrogen-bond donors (Lipinski definition) is 1. The molecule has 23 heavy (non-hydrogen) atoms. The highest BCUT2D eigenvalue weighted by atomic mass is 35.5. The van der Waals surface area contributed by atoms with Gasteiger partial charge >= 0.3 is 0 Å². The van der Waals surface area contributed by atoms with Gasteiger partial charge in [-0.05, 0) is 24.3 Å². The van der Waals surface area contributed by atoms with Crippen LogP contribution in [-0.4, -0.2) is 0 Å². The van der Waals surface area contributed by atoms with Crippen molar-refractivity contribution in [3.63, 3.8) is 0 Å². The van der Waals surface area contributed by atoms with E-state index in [-0.39, 0.29) is 11.3 Å². The molecule has 114 valence electrons. The second-order valence-corrected chi connectivity index (χ2v) is 5.80. The zero-order valence-electron chi connectivity index (χ0n) is 11.9. The van der Waals surface area contributed by atoms with E-state index in [2.05, 4.69) is 5.32 Å². The minimum Gasteiger partial charge on any atom is -0.349 e. The predicted octanol–water partition coefficient (Wildman–Crippen LogP) is 5.08. The Morgan fingerprint density at radius 3 is 2.39 bits per heavy atom. The number of anilines is 1. The fourth-order valence-electron chi connectivity index (χ4n) is 1.76.